The van der Waals surface area contributed by atoms with Gasteiger partial charge in [-0.05, 0) is 41.5 Å². The fraction of sp³-hybridized carbons (Fsp3) is 0.0968. The molecule has 11 nitrogen and oxygen atoms in total. The predicted octanol–water partition coefficient (Wildman–Crippen LogP) is 4.61. The molecule has 5 rings (SSSR count). The number of hydrogen-bond acceptors (Lipinski definition) is 11. The van der Waals surface area contributed by atoms with E-state index in [9.17, 15) is 27.8 Å². The van der Waals surface area contributed by atoms with Crippen LogP contribution >= 0.6 is 11.3 Å². The van der Waals surface area contributed by atoms with E-state index in [1.807, 2.05) is 30.3 Å². The highest BCUT2D eigenvalue weighted by atomic mass is 32.2. The van der Waals surface area contributed by atoms with E-state index in [0.717, 1.165) is 35.4 Å². The maximum Gasteiger partial charge on any atom is 0.355 e. The maximum absolute atomic E-state index is 13.3. The molecular weight excluding hydrogens is 604 g/mol. The van der Waals surface area contributed by atoms with Gasteiger partial charge in [0.2, 0.25) is 0 Å². The number of nitriles is 1. The van der Waals surface area contributed by atoms with E-state index in [0.29, 0.717) is 10.6 Å². The largest absolute Gasteiger partial charge is 0.466 e. The molecule has 3 aromatic carbocycles. The van der Waals surface area contributed by atoms with E-state index in [-0.39, 0.29) is 33.9 Å². The van der Waals surface area contributed by atoms with Gasteiger partial charge in [-0.15, -0.1) is 11.3 Å². The van der Waals surface area contributed by atoms with Crippen LogP contribution in [0.15, 0.2) is 100 Å². The number of benzene rings is 3. The predicted molar refractivity (Wildman–Crippen MR) is 164 cm³/mol. The maximum atomic E-state index is 13.3. The van der Waals surface area contributed by atoms with Crippen LogP contribution < -0.4 is 10.6 Å². The molecule has 0 radical (unpaired) electrons. The number of anilines is 1. The lowest BCUT2D eigenvalue weighted by Gasteiger charge is -2.36. The number of hydrogen-bond donors (Lipinski definition) is 2. The van der Waals surface area contributed by atoms with Crippen LogP contribution in [0.3, 0.4) is 0 Å². The molecule has 0 saturated carbocycles. The molecule has 44 heavy (non-hydrogen) atoms. The molecule has 0 saturated heterocycles. The molecule has 2 heterocycles. The van der Waals surface area contributed by atoms with Gasteiger partial charge in [0.1, 0.15) is 21.4 Å². The number of aromatic nitrogens is 1. The Morgan fingerprint density at radius 3 is 2.34 bits per heavy atom. The molecule has 13 heteroatoms. The van der Waals surface area contributed by atoms with Gasteiger partial charge in [0, 0.05) is 5.69 Å². The van der Waals surface area contributed by atoms with E-state index in [1.165, 1.54) is 29.5 Å². The number of esters is 2. The van der Waals surface area contributed by atoms with Crippen molar-refractivity contribution in [2.24, 2.45) is 5.73 Å². The summed E-state index contributed by atoms with van der Waals surface area (Å²) in [5.41, 5.74) is 7.09. The molecule has 3 N–H and O–H groups in total. The SMILES string of the molecule is COC(=O)C1=C(C(=O)OC)N(c2ccc(C=Cc3nc4ccccc4s3)c(S(=O)(=O)O)c2)C(N)=C(C#N)C1c1ccccc1. The number of nitrogens with zero attached hydrogens (tertiary/aromatic N) is 3. The van der Waals surface area contributed by atoms with E-state index in [2.05, 4.69) is 4.98 Å². The zero-order valence-corrected chi connectivity index (χ0v) is 24.9. The van der Waals surface area contributed by atoms with E-state index in [4.69, 9.17) is 15.2 Å². The molecule has 0 spiro atoms. The number of nitrogens with two attached hydrogens (primary N) is 1. The number of rotatable bonds is 7. The van der Waals surface area contributed by atoms with Crippen molar-refractivity contribution in [3.8, 4) is 6.07 Å². The highest BCUT2D eigenvalue weighted by Crippen LogP contribution is 2.43. The standard InChI is InChI=1S/C31H24N4O7S2/c1-41-30(36)27-26(19-8-4-3-5-9-19)21(17-32)29(33)35(28(27)31(37)42-2)20-14-12-18(24(16-20)44(38,39)40)13-15-25-34-22-10-6-7-11-23(22)43-25/h3-16,26H,33H2,1-2H3,(H,38,39,40). The zero-order valence-electron chi connectivity index (χ0n) is 23.3. The molecule has 1 atom stereocenters. The number of methoxy groups -OCH3 is 2. The third-order valence-corrected chi connectivity index (χ3v) is 8.77. The molecular formula is C31H24N4O7S2. The second-order valence-electron chi connectivity index (χ2n) is 9.39. The second-order valence-corrected chi connectivity index (χ2v) is 11.8. The smallest absolute Gasteiger partial charge is 0.355 e. The minimum absolute atomic E-state index is 0.0478. The minimum atomic E-state index is -4.83. The molecule has 0 amide bonds. The van der Waals surface area contributed by atoms with Gasteiger partial charge in [0.05, 0.1) is 47.6 Å². The lowest BCUT2D eigenvalue weighted by atomic mass is 9.81. The summed E-state index contributed by atoms with van der Waals surface area (Å²) in [7, 11) is -2.62. The Hall–Kier alpha value is -5.29. The Balaban J connectivity index is 1.71. The lowest BCUT2D eigenvalue weighted by Crippen LogP contribution is -2.40. The average molecular weight is 629 g/mol. The first-order valence-corrected chi connectivity index (χ1v) is 15.2. The normalized spacial score (nSPS) is 15.5. The van der Waals surface area contributed by atoms with Crippen molar-refractivity contribution in [1.29, 1.82) is 5.26 Å². The van der Waals surface area contributed by atoms with E-state index >= 15 is 0 Å². The van der Waals surface area contributed by atoms with Gasteiger partial charge < -0.3 is 15.2 Å². The van der Waals surface area contributed by atoms with Crippen molar-refractivity contribution in [2.75, 3.05) is 19.1 Å². The van der Waals surface area contributed by atoms with Crippen LogP contribution in [0.25, 0.3) is 22.4 Å². The van der Waals surface area contributed by atoms with Crippen LogP contribution in [0.4, 0.5) is 5.69 Å². The molecule has 1 aliphatic heterocycles. The Morgan fingerprint density at radius 1 is 1.02 bits per heavy atom. The van der Waals surface area contributed by atoms with Crippen LogP contribution in [0.5, 0.6) is 0 Å². The first-order chi connectivity index (χ1) is 21.1. The summed E-state index contributed by atoms with van der Waals surface area (Å²) in [6, 6.07) is 21.9. The Kier molecular flexibility index (Phi) is 8.32. The number of carbonyl (C=O) groups is 2. The molecule has 1 aromatic heterocycles. The highest BCUT2D eigenvalue weighted by Gasteiger charge is 2.43. The number of thiazole rings is 1. The lowest BCUT2D eigenvalue weighted by molar-refractivity contribution is -0.139. The summed E-state index contributed by atoms with van der Waals surface area (Å²) in [5, 5.41) is 10.8. The Bertz CT molecular complexity index is 2010. The number of para-hydroxylation sites is 1. The minimum Gasteiger partial charge on any atom is -0.466 e. The van der Waals surface area contributed by atoms with Crippen LogP contribution in [0.2, 0.25) is 0 Å². The summed E-state index contributed by atoms with van der Waals surface area (Å²) in [6.07, 6.45) is 3.08. The first-order valence-electron chi connectivity index (χ1n) is 12.9. The Labute approximate surface area is 256 Å². The van der Waals surface area contributed by atoms with Crippen LogP contribution in [0.1, 0.15) is 22.1 Å². The van der Waals surface area contributed by atoms with Gasteiger partial charge in [-0.25, -0.2) is 14.6 Å². The molecule has 0 fully saturated rings. The summed E-state index contributed by atoms with van der Waals surface area (Å²) in [6.45, 7) is 0. The summed E-state index contributed by atoms with van der Waals surface area (Å²) >= 11 is 1.40. The highest BCUT2D eigenvalue weighted by molar-refractivity contribution is 7.86. The molecule has 0 bridgehead atoms. The number of fused-ring (bicyclic) bond motifs is 1. The quantitative estimate of drug-likeness (QED) is 0.216. The average Bonchev–Trinajstić information content (AvgIpc) is 3.45. The number of ether oxygens (including phenoxy) is 2. The molecule has 1 unspecified atom stereocenters. The van der Waals surface area contributed by atoms with Crippen LogP contribution in [-0.4, -0.2) is 44.1 Å². The van der Waals surface area contributed by atoms with Crippen molar-refractivity contribution >= 4 is 61.4 Å². The fourth-order valence-electron chi connectivity index (χ4n) is 4.93. The topological polar surface area (TPSA) is 173 Å². The van der Waals surface area contributed by atoms with Gasteiger partial charge in [-0.3, -0.25) is 9.45 Å². The van der Waals surface area contributed by atoms with Gasteiger partial charge >= 0.3 is 11.9 Å². The van der Waals surface area contributed by atoms with Gasteiger partial charge in [0.25, 0.3) is 10.1 Å². The van der Waals surface area contributed by atoms with E-state index in [1.54, 1.807) is 36.4 Å². The third-order valence-electron chi connectivity index (χ3n) is 6.86. The summed E-state index contributed by atoms with van der Waals surface area (Å²) in [5.74, 6) is -3.29. The van der Waals surface area contributed by atoms with Crippen molar-refractivity contribution < 1.29 is 32.0 Å². The fourth-order valence-corrected chi connectivity index (χ4v) is 6.50. The van der Waals surface area contributed by atoms with Crippen LogP contribution in [0, 0.1) is 11.3 Å². The Morgan fingerprint density at radius 2 is 1.70 bits per heavy atom. The zero-order chi connectivity index (χ0) is 31.6. The van der Waals surface area contributed by atoms with Crippen molar-refractivity contribution in [2.45, 2.75) is 10.8 Å². The molecule has 222 valence electrons. The van der Waals surface area contributed by atoms with Gasteiger partial charge in [-0.1, -0.05) is 54.6 Å². The summed E-state index contributed by atoms with van der Waals surface area (Å²) < 4.78 is 46.3. The van der Waals surface area contributed by atoms with Crippen LogP contribution in [-0.2, 0) is 29.2 Å². The van der Waals surface area contributed by atoms with Crippen molar-refractivity contribution in [1.82, 2.24) is 4.98 Å². The number of allylic oxidation sites excluding steroid dienone is 1. The monoisotopic (exact) mass is 628 g/mol. The first kappa shape index (κ1) is 30.2. The van der Waals surface area contributed by atoms with E-state index < -0.39 is 32.9 Å². The molecule has 4 aromatic rings. The number of carbonyl (C=O) groups excluding carboxylic acids is 2. The third kappa shape index (κ3) is 5.57. The second kappa shape index (κ2) is 12.1. The molecule has 0 aliphatic carbocycles. The molecule has 1 aliphatic rings. The summed E-state index contributed by atoms with van der Waals surface area (Å²) in [4.78, 5) is 31.6. The van der Waals surface area contributed by atoms with Crippen molar-refractivity contribution in [3.05, 3.63) is 112 Å². The van der Waals surface area contributed by atoms with Gasteiger partial charge in [-0.2, -0.15) is 13.7 Å². The van der Waals surface area contributed by atoms with Gasteiger partial charge in [0.15, 0.2) is 0 Å². The van der Waals surface area contributed by atoms with Crippen molar-refractivity contribution in [3.63, 3.8) is 0 Å².